The molecule has 0 atom stereocenters. The Hall–Kier alpha value is -3.73. The molecule has 0 unspecified atom stereocenters. The lowest BCUT2D eigenvalue weighted by atomic mass is 10.1. The summed E-state index contributed by atoms with van der Waals surface area (Å²) in [5.74, 6) is -1.60. The SMILES string of the molecule is O=C(NN=CC=Cc1ccccc1)C(=O)Nc1cccc2ccccc12. The fourth-order valence-electron chi connectivity index (χ4n) is 2.42. The van der Waals surface area contributed by atoms with Crippen LogP contribution in [-0.2, 0) is 9.59 Å². The average Bonchev–Trinajstić information content (AvgIpc) is 2.68. The number of carbonyl (C=O) groups is 2. The van der Waals surface area contributed by atoms with E-state index in [4.69, 9.17) is 0 Å². The number of carbonyl (C=O) groups excluding carboxylic acids is 2. The van der Waals surface area contributed by atoms with Gasteiger partial charge in [-0.25, -0.2) is 5.43 Å². The highest BCUT2D eigenvalue weighted by Crippen LogP contribution is 2.22. The van der Waals surface area contributed by atoms with E-state index in [0.29, 0.717) is 5.69 Å². The summed E-state index contributed by atoms with van der Waals surface area (Å²) in [6, 6.07) is 22.8. The third kappa shape index (κ3) is 4.42. The quantitative estimate of drug-likeness (QED) is 0.432. The number of allylic oxidation sites excluding steroid dienone is 1. The van der Waals surface area contributed by atoms with Crippen molar-refractivity contribution in [3.63, 3.8) is 0 Å². The van der Waals surface area contributed by atoms with Crippen LogP contribution in [0.3, 0.4) is 0 Å². The number of hydrogen-bond donors (Lipinski definition) is 2. The Kier molecular flexibility index (Phi) is 5.52. The summed E-state index contributed by atoms with van der Waals surface area (Å²) in [5, 5.41) is 8.20. The molecule has 0 aliphatic rings. The smallest absolute Gasteiger partial charge is 0.317 e. The van der Waals surface area contributed by atoms with Gasteiger partial charge in [0.2, 0.25) is 0 Å². The summed E-state index contributed by atoms with van der Waals surface area (Å²) in [6.45, 7) is 0. The monoisotopic (exact) mass is 343 g/mol. The van der Waals surface area contributed by atoms with E-state index in [2.05, 4.69) is 15.8 Å². The van der Waals surface area contributed by atoms with Crippen molar-refractivity contribution in [2.24, 2.45) is 5.10 Å². The Balaban J connectivity index is 1.57. The third-order valence-corrected chi connectivity index (χ3v) is 3.66. The number of anilines is 1. The highest BCUT2D eigenvalue weighted by Gasteiger charge is 2.13. The molecule has 0 bridgehead atoms. The van der Waals surface area contributed by atoms with E-state index in [9.17, 15) is 9.59 Å². The van der Waals surface area contributed by atoms with Gasteiger partial charge in [-0.05, 0) is 23.1 Å². The minimum atomic E-state index is -0.831. The molecule has 0 fully saturated rings. The molecule has 3 aromatic carbocycles. The first-order valence-corrected chi connectivity index (χ1v) is 8.08. The van der Waals surface area contributed by atoms with Gasteiger partial charge in [-0.3, -0.25) is 9.59 Å². The fraction of sp³-hybridized carbons (Fsp3) is 0. The fourth-order valence-corrected chi connectivity index (χ4v) is 2.42. The molecule has 2 N–H and O–H groups in total. The molecular weight excluding hydrogens is 326 g/mol. The number of rotatable bonds is 4. The summed E-state index contributed by atoms with van der Waals surface area (Å²) >= 11 is 0. The van der Waals surface area contributed by atoms with Crippen molar-refractivity contribution in [3.05, 3.63) is 84.4 Å². The van der Waals surface area contributed by atoms with E-state index < -0.39 is 11.8 Å². The summed E-state index contributed by atoms with van der Waals surface area (Å²) in [6.07, 6.45) is 4.93. The molecule has 0 aliphatic heterocycles. The number of nitrogens with zero attached hydrogens (tertiary/aromatic N) is 1. The van der Waals surface area contributed by atoms with Crippen molar-refractivity contribution in [2.45, 2.75) is 0 Å². The summed E-state index contributed by atoms with van der Waals surface area (Å²) < 4.78 is 0. The molecule has 3 rings (SSSR count). The van der Waals surface area contributed by atoms with E-state index in [0.717, 1.165) is 16.3 Å². The third-order valence-electron chi connectivity index (χ3n) is 3.66. The standard InChI is InChI=1S/C21H17N3O2/c25-20(23-19-14-6-12-17-11-4-5-13-18(17)19)21(26)24-22-15-7-10-16-8-2-1-3-9-16/h1-15H,(H,23,25)(H,24,26). The van der Waals surface area contributed by atoms with Gasteiger partial charge in [0.1, 0.15) is 0 Å². The molecule has 3 aromatic rings. The van der Waals surface area contributed by atoms with Crippen molar-refractivity contribution in [1.82, 2.24) is 5.43 Å². The van der Waals surface area contributed by atoms with Crippen LogP contribution in [0.2, 0.25) is 0 Å². The summed E-state index contributed by atoms with van der Waals surface area (Å²) in [7, 11) is 0. The Morgan fingerprint density at radius 3 is 2.38 bits per heavy atom. The van der Waals surface area contributed by atoms with Gasteiger partial charge in [-0.15, -0.1) is 0 Å². The second-order valence-corrected chi connectivity index (χ2v) is 5.47. The summed E-state index contributed by atoms with van der Waals surface area (Å²) in [5.41, 5.74) is 3.80. The van der Waals surface area contributed by atoms with Crippen LogP contribution in [0.5, 0.6) is 0 Å². The van der Waals surface area contributed by atoms with E-state index >= 15 is 0 Å². The Morgan fingerprint density at radius 1 is 0.808 bits per heavy atom. The van der Waals surface area contributed by atoms with Gasteiger partial charge < -0.3 is 5.32 Å². The molecule has 0 heterocycles. The van der Waals surface area contributed by atoms with E-state index in [1.54, 1.807) is 12.1 Å². The normalized spacial score (nSPS) is 11.1. The maximum atomic E-state index is 12.0. The molecular formula is C21H17N3O2. The highest BCUT2D eigenvalue weighted by atomic mass is 16.2. The topological polar surface area (TPSA) is 70.6 Å². The average molecular weight is 343 g/mol. The van der Waals surface area contributed by atoms with Gasteiger partial charge in [0.05, 0.1) is 0 Å². The Morgan fingerprint density at radius 2 is 1.54 bits per heavy atom. The molecule has 0 saturated heterocycles. The maximum Gasteiger partial charge on any atom is 0.329 e. The first-order chi connectivity index (χ1) is 12.7. The van der Waals surface area contributed by atoms with Crippen LogP contribution in [0.15, 0.2) is 84.0 Å². The number of fused-ring (bicyclic) bond motifs is 1. The second kappa shape index (κ2) is 8.39. The van der Waals surface area contributed by atoms with Crippen LogP contribution < -0.4 is 10.7 Å². The van der Waals surface area contributed by atoms with Gasteiger partial charge in [-0.1, -0.05) is 72.8 Å². The molecule has 5 heteroatoms. The van der Waals surface area contributed by atoms with Gasteiger partial charge in [0.15, 0.2) is 0 Å². The molecule has 0 aliphatic carbocycles. The van der Waals surface area contributed by atoms with Crippen molar-refractivity contribution < 1.29 is 9.59 Å². The molecule has 26 heavy (non-hydrogen) atoms. The van der Waals surface area contributed by atoms with Crippen LogP contribution in [0.25, 0.3) is 16.8 Å². The lowest BCUT2D eigenvalue weighted by Gasteiger charge is -2.07. The van der Waals surface area contributed by atoms with Crippen LogP contribution in [0.1, 0.15) is 5.56 Å². The zero-order valence-electron chi connectivity index (χ0n) is 13.9. The Labute approximate surface area is 151 Å². The Bertz CT molecular complexity index is 973. The molecule has 0 radical (unpaired) electrons. The molecule has 5 nitrogen and oxygen atoms in total. The first kappa shape index (κ1) is 17.1. The van der Waals surface area contributed by atoms with Crippen LogP contribution >= 0.6 is 0 Å². The van der Waals surface area contributed by atoms with Crippen LogP contribution in [0, 0.1) is 0 Å². The predicted octanol–water partition coefficient (Wildman–Crippen LogP) is 3.59. The van der Waals surface area contributed by atoms with Crippen LogP contribution in [0.4, 0.5) is 5.69 Å². The molecule has 0 aromatic heterocycles. The van der Waals surface area contributed by atoms with Gasteiger partial charge in [-0.2, -0.15) is 5.10 Å². The predicted molar refractivity (Wildman–Crippen MR) is 105 cm³/mol. The van der Waals surface area contributed by atoms with E-state index in [-0.39, 0.29) is 0 Å². The summed E-state index contributed by atoms with van der Waals surface area (Å²) in [4.78, 5) is 23.9. The lowest BCUT2D eigenvalue weighted by molar-refractivity contribution is -0.136. The van der Waals surface area contributed by atoms with Crippen molar-refractivity contribution in [3.8, 4) is 0 Å². The van der Waals surface area contributed by atoms with Crippen molar-refractivity contribution in [2.75, 3.05) is 5.32 Å². The lowest BCUT2D eigenvalue weighted by Crippen LogP contribution is -2.32. The number of hydrazone groups is 1. The van der Waals surface area contributed by atoms with E-state index in [1.165, 1.54) is 6.21 Å². The largest absolute Gasteiger partial charge is 0.329 e. The van der Waals surface area contributed by atoms with Gasteiger partial charge >= 0.3 is 11.8 Å². The first-order valence-electron chi connectivity index (χ1n) is 8.08. The molecule has 2 amide bonds. The van der Waals surface area contributed by atoms with E-state index in [1.807, 2.05) is 72.8 Å². The number of nitrogens with one attached hydrogen (secondary N) is 2. The minimum Gasteiger partial charge on any atom is -0.317 e. The second-order valence-electron chi connectivity index (χ2n) is 5.47. The molecule has 0 spiro atoms. The number of benzene rings is 3. The van der Waals surface area contributed by atoms with Crippen molar-refractivity contribution >= 4 is 40.6 Å². The highest BCUT2D eigenvalue weighted by molar-refractivity contribution is 6.40. The van der Waals surface area contributed by atoms with Crippen LogP contribution in [-0.4, -0.2) is 18.0 Å². The van der Waals surface area contributed by atoms with Crippen molar-refractivity contribution in [1.29, 1.82) is 0 Å². The molecule has 0 saturated carbocycles. The van der Waals surface area contributed by atoms with Gasteiger partial charge in [0, 0.05) is 17.3 Å². The minimum absolute atomic E-state index is 0.580. The zero-order chi connectivity index (χ0) is 18.2. The maximum absolute atomic E-state index is 12.0. The van der Waals surface area contributed by atoms with Gasteiger partial charge in [0.25, 0.3) is 0 Å². The number of hydrogen-bond acceptors (Lipinski definition) is 3. The molecule has 128 valence electrons. The number of amides is 2. The zero-order valence-corrected chi connectivity index (χ0v) is 13.9.